The largest absolute Gasteiger partial charge is 0.396 e. The highest BCUT2D eigenvalue weighted by Crippen LogP contribution is 2.29. The molecule has 1 aromatic rings. The van der Waals surface area contributed by atoms with Crippen molar-refractivity contribution in [3.63, 3.8) is 0 Å². The van der Waals surface area contributed by atoms with Crippen molar-refractivity contribution in [1.29, 1.82) is 0 Å². The molecule has 0 aliphatic heterocycles. The zero-order chi connectivity index (χ0) is 18.0. The fourth-order valence-corrected chi connectivity index (χ4v) is 2.62. The number of nitrogens with one attached hydrogen (secondary N) is 2. The average molecular weight is 466 g/mol. The van der Waals surface area contributed by atoms with Gasteiger partial charge in [-0.2, -0.15) is 0 Å². The third-order valence-electron chi connectivity index (χ3n) is 4.68. The van der Waals surface area contributed by atoms with Crippen LogP contribution in [0.15, 0.2) is 15.6 Å². The first-order valence-corrected chi connectivity index (χ1v) is 9.08. The van der Waals surface area contributed by atoms with Crippen molar-refractivity contribution in [3.8, 4) is 0 Å². The maximum atomic E-state index is 9.34. The van der Waals surface area contributed by atoms with Crippen molar-refractivity contribution < 1.29 is 9.63 Å². The monoisotopic (exact) mass is 466 g/mol. The van der Waals surface area contributed by atoms with Crippen LogP contribution in [0.3, 0.4) is 0 Å². The zero-order valence-electron chi connectivity index (χ0n) is 16.3. The van der Waals surface area contributed by atoms with E-state index in [2.05, 4.69) is 48.5 Å². The van der Waals surface area contributed by atoms with E-state index in [1.54, 1.807) is 0 Å². The summed E-state index contributed by atoms with van der Waals surface area (Å²) in [5.41, 5.74) is 1.05. The maximum Gasteiger partial charge on any atom is 0.191 e. The fraction of sp³-hybridized carbons (Fsp3) is 0.778. The molecule has 0 aliphatic rings. The van der Waals surface area contributed by atoms with Gasteiger partial charge in [0.1, 0.15) is 6.54 Å². The molecule has 146 valence electrons. The summed E-state index contributed by atoms with van der Waals surface area (Å²) in [6.07, 6.45) is 2.85. The molecule has 0 radical (unpaired) electrons. The number of nitrogens with zero attached hydrogens (tertiary/aromatic N) is 2. The lowest BCUT2D eigenvalue weighted by Gasteiger charge is -2.32. The van der Waals surface area contributed by atoms with E-state index in [0.29, 0.717) is 12.5 Å². The highest BCUT2D eigenvalue weighted by atomic mass is 127. The lowest BCUT2D eigenvalue weighted by molar-refractivity contribution is 0.169. The molecule has 6 nitrogen and oxygen atoms in total. The third-order valence-corrected chi connectivity index (χ3v) is 4.68. The SMILES string of the molecule is CCNC(=NCc1cc(C(C)C)no1)NCC(CC)(CC)CCO.I. The van der Waals surface area contributed by atoms with Gasteiger partial charge < -0.3 is 20.3 Å². The summed E-state index contributed by atoms with van der Waals surface area (Å²) in [4.78, 5) is 4.59. The van der Waals surface area contributed by atoms with Crippen LogP contribution in [0.1, 0.15) is 71.3 Å². The number of hydrogen-bond acceptors (Lipinski definition) is 4. The second-order valence-electron chi connectivity index (χ2n) is 6.60. The molecule has 0 unspecified atom stereocenters. The Labute approximate surface area is 169 Å². The Morgan fingerprint density at radius 3 is 2.44 bits per heavy atom. The number of hydrogen-bond donors (Lipinski definition) is 3. The molecule has 1 rings (SSSR count). The van der Waals surface area contributed by atoms with E-state index in [1.807, 2.05) is 13.0 Å². The second kappa shape index (κ2) is 12.5. The number of aliphatic imine (C=N–C) groups is 1. The summed E-state index contributed by atoms with van der Waals surface area (Å²) in [7, 11) is 0. The van der Waals surface area contributed by atoms with Crippen LogP contribution in [-0.4, -0.2) is 35.9 Å². The van der Waals surface area contributed by atoms with Crippen LogP contribution in [0.25, 0.3) is 0 Å². The van der Waals surface area contributed by atoms with Crippen molar-refractivity contribution in [2.75, 3.05) is 19.7 Å². The van der Waals surface area contributed by atoms with Crippen LogP contribution in [0.5, 0.6) is 0 Å². The fourth-order valence-electron chi connectivity index (χ4n) is 2.62. The first kappa shape index (κ1) is 24.2. The van der Waals surface area contributed by atoms with E-state index >= 15 is 0 Å². The van der Waals surface area contributed by atoms with E-state index in [0.717, 1.165) is 49.8 Å². The summed E-state index contributed by atoms with van der Waals surface area (Å²) in [5, 5.41) is 20.1. The maximum absolute atomic E-state index is 9.34. The van der Waals surface area contributed by atoms with Crippen LogP contribution in [0.4, 0.5) is 0 Å². The molecule has 0 amide bonds. The highest BCUT2D eigenvalue weighted by Gasteiger charge is 2.25. The normalized spacial score (nSPS) is 12.2. The molecule has 0 atom stereocenters. The van der Waals surface area contributed by atoms with Crippen molar-refractivity contribution >= 4 is 29.9 Å². The van der Waals surface area contributed by atoms with Gasteiger partial charge in [0.2, 0.25) is 0 Å². The molecule has 7 heteroatoms. The predicted molar refractivity (Wildman–Crippen MR) is 114 cm³/mol. The first-order valence-electron chi connectivity index (χ1n) is 9.08. The van der Waals surface area contributed by atoms with Crippen LogP contribution in [-0.2, 0) is 6.54 Å². The molecular weight excluding hydrogens is 431 g/mol. The molecule has 1 aromatic heterocycles. The van der Waals surface area contributed by atoms with Gasteiger partial charge in [0.15, 0.2) is 11.7 Å². The average Bonchev–Trinajstić information content (AvgIpc) is 3.05. The van der Waals surface area contributed by atoms with Gasteiger partial charge in [0.05, 0.1) is 5.69 Å². The number of aliphatic hydroxyl groups is 1. The van der Waals surface area contributed by atoms with E-state index in [1.165, 1.54) is 0 Å². The van der Waals surface area contributed by atoms with Crippen LogP contribution < -0.4 is 10.6 Å². The van der Waals surface area contributed by atoms with Gasteiger partial charge in [0, 0.05) is 25.8 Å². The van der Waals surface area contributed by atoms with E-state index in [4.69, 9.17) is 4.52 Å². The number of guanidine groups is 1. The highest BCUT2D eigenvalue weighted by molar-refractivity contribution is 14.0. The third kappa shape index (κ3) is 7.94. The minimum Gasteiger partial charge on any atom is -0.396 e. The molecular formula is C18H35IN4O2. The number of halogens is 1. The van der Waals surface area contributed by atoms with Gasteiger partial charge >= 0.3 is 0 Å². The quantitative estimate of drug-likeness (QED) is 0.279. The molecule has 1 heterocycles. The summed E-state index contributed by atoms with van der Waals surface area (Å²) in [5.74, 6) is 1.89. The van der Waals surface area contributed by atoms with Crippen molar-refractivity contribution in [2.45, 2.75) is 66.3 Å². The molecule has 0 fully saturated rings. The minimum absolute atomic E-state index is 0. The standard InChI is InChI=1S/C18H34N4O2.HI/c1-6-18(7-2,9-10-23)13-21-17(19-8-3)20-12-15-11-16(14(4)5)22-24-15;/h11,14,23H,6-10,12-13H2,1-5H3,(H2,19,20,21);1H. The number of aromatic nitrogens is 1. The molecule has 0 bridgehead atoms. The Balaban J connectivity index is 0.00000576. The molecule has 25 heavy (non-hydrogen) atoms. The van der Waals surface area contributed by atoms with Crippen molar-refractivity contribution in [1.82, 2.24) is 15.8 Å². The molecule has 0 aliphatic carbocycles. The summed E-state index contributed by atoms with van der Waals surface area (Å²) in [6.45, 7) is 12.8. The Morgan fingerprint density at radius 2 is 1.96 bits per heavy atom. The molecule has 0 spiro atoms. The zero-order valence-corrected chi connectivity index (χ0v) is 18.6. The Morgan fingerprint density at radius 1 is 1.28 bits per heavy atom. The number of rotatable bonds is 10. The lowest BCUT2D eigenvalue weighted by Crippen LogP contribution is -2.43. The smallest absolute Gasteiger partial charge is 0.191 e. The van der Waals surface area contributed by atoms with Crippen LogP contribution in [0, 0.1) is 5.41 Å². The molecule has 3 N–H and O–H groups in total. The Bertz CT molecular complexity index is 499. The van der Waals surface area contributed by atoms with Gasteiger partial charge in [0.25, 0.3) is 0 Å². The van der Waals surface area contributed by atoms with E-state index < -0.39 is 0 Å². The van der Waals surface area contributed by atoms with Gasteiger partial charge in [-0.3, -0.25) is 0 Å². The second-order valence-corrected chi connectivity index (χ2v) is 6.60. The summed E-state index contributed by atoms with van der Waals surface area (Å²) < 4.78 is 5.34. The van der Waals surface area contributed by atoms with Crippen LogP contribution >= 0.6 is 24.0 Å². The number of aliphatic hydroxyl groups excluding tert-OH is 1. The van der Waals surface area contributed by atoms with Gasteiger partial charge in [-0.1, -0.05) is 32.9 Å². The van der Waals surface area contributed by atoms with Crippen LogP contribution in [0.2, 0.25) is 0 Å². The first-order chi connectivity index (χ1) is 11.5. The van der Waals surface area contributed by atoms with Gasteiger partial charge in [-0.15, -0.1) is 24.0 Å². The van der Waals surface area contributed by atoms with Crippen molar-refractivity contribution in [2.24, 2.45) is 10.4 Å². The van der Waals surface area contributed by atoms with E-state index in [-0.39, 0.29) is 36.0 Å². The summed E-state index contributed by atoms with van der Waals surface area (Å²) >= 11 is 0. The molecule has 0 saturated carbocycles. The van der Waals surface area contributed by atoms with Gasteiger partial charge in [-0.05, 0) is 37.5 Å². The summed E-state index contributed by atoms with van der Waals surface area (Å²) in [6, 6.07) is 1.96. The Kier molecular flexibility index (Phi) is 12.1. The molecule has 0 saturated heterocycles. The lowest BCUT2D eigenvalue weighted by atomic mass is 9.79. The molecule has 0 aromatic carbocycles. The predicted octanol–water partition coefficient (Wildman–Crippen LogP) is 3.66. The topological polar surface area (TPSA) is 82.7 Å². The Hall–Kier alpha value is -0.830. The van der Waals surface area contributed by atoms with Gasteiger partial charge in [-0.25, -0.2) is 4.99 Å². The minimum atomic E-state index is 0. The van der Waals surface area contributed by atoms with E-state index in [9.17, 15) is 5.11 Å². The van der Waals surface area contributed by atoms with Crippen molar-refractivity contribution in [3.05, 3.63) is 17.5 Å².